The first-order chi connectivity index (χ1) is 29.8. The maximum Gasteiger partial charge on any atom is 0.421 e. The van der Waals surface area contributed by atoms with Crippen LogP contribution in [-0.4, -0.2) is 55.8 Å². The minimum absolute atomic E-state index is 0.00111. The van der Waals surface area contributed by atoms with Crippen molar-refractivity contribution in [3.8, 4) is 16.9 Å². The number of ether oxygens (including phenoxy) is 3. The number of hydrogen-bond acceptors (Lipinski definition) is 8. The van der Waals surface area contributed by atoms with E-state index in [-0.39, 0.29) is 35.6 Å². The van der Waals surface area contributed by atoms with Gasteiger partial charge in [-0.05, 0) is 100 Å². The highest BCUT2D eigenvalue weighted by molar-refractivity contribution is 6.00. The molecule has 1 aliphatic rings. The van der Waals surface area contributed by atoms with E-state index in [1.165, 1.54) is 18.3 Å². The maximum atomic E-state index is 16.0. The second-order valence-electron chi connectivity index (χ2n) is 17.4. The molecule has 1 aliphatic heterocycles. The monoisotopic (exact) mass is 901 g/mol. The number of nitrogens with zero attached hydrogens (tertiary/aromatic N) is 4. The number of aryl methyl sites for hydroxylation is 2. The first-order valence-electron chi connectivity index (χ1n) is 20.7. The molecule has 0 bridgehead atoms. The van der Waals surface area contributed by atoms with Gasteiger partial charge in [0.05, 0.1) is 39.3 Å². The summed E-state index contributed by atoms with van der Waals surface area (Å²) >= 11 is 0. The van der Waals surface area contributed by atoms with Crippen LogP contribution < -0.4 is 5.32 Å². The molecular weight excluding hydrogens is 852 g/mol. The molecule has 11 nitrogen and oxygen atoms in total. The molecule has 0 aliphatic carbocycles. The van der Waals surface area contributed by atoms with E-state index >= 15 is 4.39 Å². The van der Waals surface area contributed by atoms with Gasteiger partial charge in [0.15, 0.2) is 0 Å². The summed E-state index contributed by atoms with van der Waals surface area (Å²) in [6.45, 7) is 14.5. The zero-order valence-electron chi connectivity index (χ0n) is 36.8. The van der Waals surface area contributed by atoms with E-state index in [1.54, 1.807) is 58.0 Å². The van der Waals surface area contributed by atoms with Gasteiger partial charge < -0.3 is 19.5 Å². The molecule has 0 saturated heterocycles. The average Bonchev–Trinajstić information content (AvgIpc) is 3.87. The van der Waals surface area contributed by atoms with Crippen LogP contribution in [0.2, 0.25) is 0 Å². The molecule has 0 unspecified atom stereocenters. The van der Waals surface area contributed by atoms with Crippen molar-refractivity contribution < 1.29 is 59.3 Å². The second-order valence-corrected chi connectivity index (χ2v) is 17.4. The lowest BCUT2D eigenvalue weighted by Crippen LogP contribution is -2.47. The summed E-state index contributed by atoms with van der Waals surface area (Å²) in [5, 5.41) is 7.83. The van der Waals surface area contributed by atoms with Crippen molar-refractivity contribution in [3.05, 3.63) is 106 Å². The Morgan fingerprint density at radius 1 is 0.875 bits per heavy atom. The van der Waals surface area contributed by atoms with Gasteiger partial charge in [-0.1, -0.05) is 52.0 Å². The minimum atomic E-state index is -5.08. The molecule has 0 spiro atoms. The van der Waals surface area contributed by atoms with E-state index in [1.807, 2.05) is 32.0 Å². The van der Waals surface area contributed by atoms with Crippen LogP contribution in [0.3, 0.4) is 0 Å². The number of carbonyl (C=O) groups excluding carboxylic acids is 3. The third kappa shape index (κ3) is 9.47. The number of alkyl halides is 6. The Hall–Kier alpha value is -5.91. The van der Waals surface area contributed by atoms with Crippen molar-refractivity contribution in [1.82, 2.24) is 24.6 Å². The Balaban J connectivity index is 1.40. The van der Waals surface area contributed by atoms with Crippen molar-refractivity contribution >= 4 is 29.1 Å². The van der Waals surface area contributed by atoms with Crippen LogP contribution in [0.5, 0.6) is 0 Å². The third-order valence-electron chi connectivity index (χ3n) is 11.2. The van der Waals surface area contributed by atoms with Gasteiger partial charge in [0.1, 0.15) is 17.5 Å². The fraction of sp³-hybridized carbons (Fsp3) is 0.435. The molecule has 3 heterocycles. The van der Waals surface area contributed by atoms with Gasteiger partial charge in [-0.25, -0.2) is 28.0 Å². The molecule has 18 heteroatoms. The largest absolute Gasteiger partial charge is 0.444 e. The SMILES string of the molecule is CCc1cccc(CC)c1-n1nc2c(c1-c1ccc(F)c3c1ccn3C(=O)OCOC(=O)[C@@H](NC(=O)OC(C)(C)C)C(C)C)CN(Cc1ccc(C(F)(F)F)cc1C(F)(F)F)C2(C)C. The highest BCUT2D eigenvalue weighted by atomic mass is 19.4. The van der Waals surface area contributed by atoms with Gasteiger partial charge in [0.2, 0.25) is 6.79 Å². The Morgan fingerprint density at radius 3 is 2.11 bits per heavy atom. The lowest BCUT2D eigenvalue weighted by atomic mass is 9.96. The number of nitrogens with one attached hydrogen (secondary N) is 1. The molecule has 3 aromatic carbocycles. The van der Waals surface area contributed by atoms with Gasteiger partial charge in [-0.15, -0.1) is 0 Å². The quantitative estimate of drug-likeness (QED) is 0.0791. The van der Waals surface area contributed by atoms with Crippen molar-refractivity contribution in [3.63, 3.8) is 0 Å². The summed E-state index contributed by atoms with van der Waals surface area (Å²) in [4.78, 5) is 40.6. The van der Waals surface area contributed by atoms with Crippen molar-refractivity contribution in [1.29, 1.82) is 0 Å². The number of benzene rings is 3. The van der Waals surface area contributed by atoms with E-state index in [0.29, 0.717) is 41.4 Å². The number of aromatic nitrogens is 3. The lowest BCUT2D eigenvalue weighted by Gasteiger charge is -2.33. The Kier molecular flexibility index (Phi) is 13.1. The summed E-state index contributed by atoms with van der Waals surface area (Å²) in [6, 6.07) is 10.4. The molecule has 64 heavy (non-hydrogen) atoms. The van der Waals surface area contributed by atoms with Crippen molar-refractivity contribution in [2.24, 2.45) is 5.92 Å². The van der Waals surface area contributed by atoms with Crippen LogP contribution in [0.15, 0.2) is 60.8 Å². The molecule has 5 aromatic rings. The van der Waals surface area contributed by atoms with Crippen LogP contribution in [0, 0.1) is 11.7 Å². The number of hydrogen-bond donors (Lipinski definition) is 1. The second kappa shape index (κ2) is 17.6. The third-order valence-corrected chi connectivity index (χ3v) is 11.2. The first-order valence-corrected chi connectivity index (χ1v) is 20.7. The van der Waals surface area contributed by atoms with Gasteiger partial charge in [0.25, 0.3) is 0 Å². The van der Waals surface area contributed by atoms with Gasteiger partial charge >= 0.3 is 30.5 Å². The van der Waals surface area contributed by atoms with Gasteiger partial charge in [0, 0.05) is 35.8 Å². The number of fused-ring (bicyclic) bond motifs is 2. The molecule has 0 fully saturated rings. The lowest BCUT2D eigenvalue weighted by molar-refractivity contribution is -0.155. The summed E-state index contributed by atoms with van der Waals surface area (Å²) in [5.41, 5.74) is -0.762. The van der Waals surface area contributed by atoms with Crippen LogP contribution in [0.1, 0.15) is 101 Å². The van der Waals surface area contributed by atoms with Crippen LogP contribution >= 0.6 is 0 Å². The topological polar surface area (TPSA) is 117 Å². The van der Waals surface area contributed by atoms with Crippen LogP contribution in [0.4, 0.5) is 40.3 Å². The summed E-state index contributed by atoms with van der Waals surface area (Å²) in [7, 11) is 0. The number of amides is 1. The molecule has 344 valence electrons. The number of alkyl carbamates (subject to hydrolysis) is 1. The molecule has 1 amide bonds. The standard InChI is InChI=1S/C46H50F7N5O6/c1-10-26-13-12-14-27(11-2)36(26)58-37(32-23-56(44(8,9)39(32)55-58)22-28-15-16-29(45(48,49)50)21-33(28)46(51,52)53)30-17-18-34(47)38-31(30)19-20-57(38)42(61)63-24-62-40(59)35(25(3)4)54-41(60)64-43(5,6)7/h12-21,25,35H,10-11,22-24H2,1-9H3,(H,54,60)/t35-/m0/s1. The average molecular weight is 902 g/mol. The van der Waals surface area contributed by atoms with Crippen molar-refractivity contribution in [2.45, 2.75) is 118 Å². The van der Waals surface area contributed by atoms with Gasteiger partial charge in [-0.3, -0.25) is 4.90 Å². The first kappa shape index (κ1) is 47.6. The fourth-order valence-electron chi connectivity index (χ4n) is 7.98. The Labute approximate surface area is 365 Å². The molecule has 0 saturated carbocycles. The number of halogens is 7. The number of rotatable bonds is 11. The van der Waals surface area contributed by atoms with E-state index in [9.17, 15) is 40.7 Å². The van der Waals surface area contributed by atoms with E-state index < -0.39 is 77.3 Å². The maximum absolute atomic E-state index is 16.0. The number of para-hydroxylation sites is 1. The zero-order chi connectivity index (χ0) is 47.3. The van der Waals surface area contributed by atoms with Crippen LogP contribution in [0.25, 0.3) is 27.8 Å². The molecule has 1 atom stereocenters. The predicted octanol–water partition coefficient (Wildman–Crippen LogP) is 11.1. The van der Waals surface area contributed by atoms with Crippen molar-refractivity contribution in [2.75, 3.05) is 6.79 Å². The number of carbonyl (C=O) groups is 3. The summed E-state index contributed by atoms with van der Waals surface area (Å²) in [6.07, 6.45) is -9.56. The Bertz CT molecular complexity index is 2560. The zero-order valence-corrected chi connectivity index (χ0v) is 36.8. The van der Waals surface area contributed by atoms with Crippen LogP contribution in [-0.2, 0) is 62.8 Å². The highest BCUT2D eigenvalue weighted by Crippen LogP contribution is 2.48. The Morgan fingerprint density at radius 2 is 1.53 bits per heavy atom. The number of esters is 1. The van der Waals surface area contributed by atoms with E-state index in [0.717, 1.165) is 33.5 Å². The molecule has 1 N–H and O–H groups in total. The van der Waals surface area contributed by atoms with Gasteiger partial charge in [-0.2, -0.15) is 31.4 Å². The molecule has 6 rings (SSSR count). The molecule has 0 radical (unpaired) electrons. The molecule has 2 aromatic heterocycles. The highest BCUT2D eigenvalue weighted by Gasteiger charge is 2.45. The van der Waals surface area contributed by atoms with E-state index in [4.69, 9.17) is 19.3 Å². The smallest absolute Gasteiger partial charge is 0.421 e. The minimum Gasteiger partial charge on any atom is -0.444 e. The van der Waals surface area contributed by atoms with E-state index in [2.05, 4.69) is 5.32 Å². The normalized spacial score (nSPS) is 14.8. The fourth-order valence-corrected chi connectivity index (χ4v) is 7.98. The predicted molar refractivity (Wildman–Crippen MR) is 223 cm³/mol. The summed E-state index contributed by atoms with van der Waals surface area (Å²) in [5.74, 6) is -2.16. The molecular formula is C46H50F7N5O6. The summed E-state index contributed by atoms with van der Waals surface area (Å²) < 4.78 is 118.